The number of para-hydroxylation sites is 1. The van der Waals surface area contributed by atoms with Crippen LogP contribution in [0.25, 0.3) is 0 Å². The van der Waals surface area contributed by atoms with E-state index in [1.54, 1.807) is 0 Å². The Kier molecular flexibility index (Phi) is 6.64. The van der Waals surface area contributed by atoms with Gasteiger partial charge in [-0.2, -0.15) is 0 Å². The molecular weight excluding hydrogens is 308 g/mol. The van der Waals surface area contributed by atoms with E-state index in [0.29, 0.717) is 13.2 Å². The molecule has 1 fully saturated rings. The van der Waals surface area contributed by atoms with Crippen LogP contribution in [-0.2, 0) is 4.74 Å². The van der Waals surface area contributed by atoms with E-state index >= 15 is 0 Å². The Balaban J connectivity index is 1.51. The molecule has 106 valence electrons. The highest BCUT2D eigenvalue weighted by Gasteiger charge is 2.08. The van der Waals surface area contributed by atoms with Crippen LogP contribution in [0.4, 0.5) is 0 Å². The van der Waals surface area contributed by atoms with E-state index in [9.17, 15) is 0 Å². The minimum Gasteiger partial charge on any atom is -0.490 e. The average Bonchev–Trinajstić information content (AvgIpc) is 2.45. The van der Waals surface area contributed by atoms with Crippen molar-refractivity contribution in [3.8, 4) is 5.75 Å². The zero-order valence-corrected chi connectivity index (χ0v) is 12.7. The zero-order chi connectivity index (χ0) is 13.3. The molecule has 4 nitrogen and oxygen atoms in total. The minimum atomic E-state index is 0.587. The Morgan fingerprint density at radius 2 is 1.89 bits per heavy atom. The first-order valence-corrected chi connectivity index (χ1v) is 7.54. The summed E-state index contributed by atoms with van der Waals surface area (Å²) in [6.45, 7) is 7.43. The van der Waals surface area contributed by atoms with Gasteiger partial charge < -0.3 is 14.8 Å². The fourth-order valence-electron chi connectivity index (χ4n) is 2.00. The molecule has 0 amide bonds. The number of nitrogens with zero attached hydrogens (tertiary/aromatic N) is 1. The fraction of sp³-hybridized carbons (Fsp3) is 0.571. The topological polar surface area (TPSA) is 33.7 Å². The summed E-state index contributed by atoms with van der Waals surface area (Å²) in [5, 5.41) is 3.34. The van der Waals surface area contributed by atoms with Gasteiger partial charge >= 0.3 is 0 Å². The van der Waals surface area contributed by atoms with E-state index in [0.717, 1.165) is 49.6 Å². The monoisotopic (exact) mass is 328 g/mol. The first kappa shape index (κ1) is 14.8. The van der Waals surface area contributed by atoms with Gasteiger partial charge in [-0.15, -0.1) is 0 Å². The molecule has 0 radical (unpaired) electrons. The van der Waals surface area contributed by atoms with Crippen molar-refractivity contribution in [2.24, 2.45) is 0 Å². The van der Waals surface area contributed by atoms with Gasteiger partial charge in [-0.3, -0.25) is 4.90 Å². The third-order valence-corrected chi connectivity index (χ3v) is 3.74. The first-order chi connectivity index (χ1) is 9.36. The van der Waals surface area contributed by atoms with Gasteiger partial charge in [0, 0.05) is 32.7 Å². The van der Waals surface area contributed by atoms with Crippen LogP contribution in [0.3, 0.4) is 0 Å². The molecular formula is C14H21BrN2O2. The molecule has 5 heteroatoms. The Morgan fingerprint density at radius 3 is 2.68 bits per heavy atom. The van der Waals surface area contributed by atoms with Crippen molar-refractivity contribution in [1.82, 2.24) is 10.2 Å². The normalized spacial score (nSPS) is 16.5. The van der Waals surface area contributed by atoms with Crippen molar-refractivity contribution in [2.45, 2.75) is 0 Å². The third-order valence-electron chi connectivity index (χ3n) is 3.08. The number of piperazine rings is 1. The van der Waals surface area contributed by atoms with Crippen molar-refractivity contribution >= 4 is 15.9 Å². The summed E-state index contributed by atoms with van der Waals surface area (Å²) in [5.74, 6) is 0.869. The highest BCUT2D eigenvalue weighted by molar-refractivity contribution is 9.10. The van der Waals surface area contributed by atoms with Gasteiger partial charge in [-0.1, -0.05) is 12.1 Å². The van der Waals surface area contributed by atoms with Crippen molar-refractivity contribution in [2.75, 3.05) is 52.5 Å². The van der Waals surface area contributed by atoms with Crippen LogP contribution in [0.2, 0.25) is 0 Å². The van der Waals surface area contributed by atoms with Crippen molar-refractivity contribution in [1.29, 1.82) is 0 Å². The fourth-order valence-corrected chi connectivity index (χ4v) is 2.40. The summed E-state index contributed by atoms with van der Waals surface area (Å²) >= 11 is 3.45. The molecule has 1 heterocycles. The van der Waals surface area contributed by atoms with Crippen LogP contribution in [0.15, 0.2) is 28.7 Å². The molecule has 19 heavy (non-hydrogen) atoms. The predicted molar refractivity (Wildman–Crippen MR) is 79.8 cm³/mol. The van der Waals surface area contributed by atoms with Gasteiger partial charge in [0.05, 0.1) is 17.7 Å². The minimum absolute atomic E-state index is 0.587. The van der Waals surface area contributed by atoms with Crippen LogP contribution < -0.4 is 10.1 Å². The lowest BCUT2D eigenvalue weighted by molar-refractivity contribution is 0.0766. The third kappa shape index (κ3) is 5.48. The second kappa shape index (κ2) is 8.53. The second-order valence-corrected chi connectivity index (χ2v) is 5.34. The highest BCUT2D eigenvalue weighted by atomic mass is 79.9. The Labute approximate surface area is 123 Å². The smallest absolute Gasteiger partial charge is 0.133 e. The summed E-state index contributed by atoms with van der Waals surface area (Å²) in [5.41, 5.74) is 0. The van der Waals surface area contributed by atoms with E-state index in [1.807, 2.05) is 24.3 Å². The second-order valence-electron chi connectivity index (χ2n) is 4.48. The van der Waals surface area contributed by atoms with Gasteiger partial charge in [-0.05, 0) is 28.1 Å². The van der Waals surface area contributed by atoms with Crippen LogP contribution in [0, 0.1) is 0 Å². The molecule has 0 aromatic heterocycles. The summed E-state index contributed by atoms with van der Waals surface area (Å²) < 4.78 is 12.2. The lowest BCUT2D eigenvalue weighted by Gasteiger charge is -2.26. The van der Waals surface area contributed by atoms with E-state index in [1.165, 1.54) is 0 Å². The molecule has 1 saturated heterocycles. The zero-order valence-electron chi connectivity index (χ0n) is 11.1. The molecule has 1 aromatic rings. The standard InChI is InChI=1S/C14H21BrN2O2/c15-13-3-1-2-4-14(13)19-12-11-18-10-9-17-7-5-16-6-8-17/h1-4,16H,5-12H2. The Bertz CT molecular complexity index is 370. The molecule has 2 rings (SSSR count). The molecule has 1 aromatic carbocycles. The van der Waals surface area contributed by atoms with E-state index in [4.69, 9.17) is 9.47 Å². The van der Waals surface area contributed by atoms with Crippen molar-refractivity contribution < 1.29 is 9.47 Å². The van der Waals surface area contributed by atoms with E-state index < -0.39 is 0 Å². The molecule has 1 N–H and O–H groups in total. The maximum absolute atomic E-state index is 5.63. The van der Waals surface area contributed by atoms with Gasteiger partial charge in [0.1, 0.15) is 12.4 Å². The van der Waals surface area contributed by atoms with Gasteiger partial charge in [0.2, 0.25) is 0 Å². The largest absolute Gasteiger partial charge is 0.490 e. The summed E-state index contributed by atoms with van der Waals surface area (Å²) in [7, 11) is 0. The number of benzene rings is 1. The molecule has 0 saturated carbocycles. The Morgan fingerprint density at radius 1 is 1.11 bits per heavy atom. The number of hydrogen-bond acceptors (Lipinski definition) is 4. The number of rotatable bonds is 7. The molecule has 1 aliphatic rings. The maximum Gasteiger partial charge on any atom is 0.133 e. The Hall–Kier alpha value is -0.620. The van der Waals surface area contributed by atoms with Crippen molar-refractivity contribution in [3.63, 3.8) is 0 Å². The molecule has 0 aliphatic carbocycles. The predicted octanol–water partition coefficient (Wildman–Crippen LogP) is 1.75. The summed E-state index contributed by atoms with van der Waals surface area (Å²) in [6.07, 6.45) is 0. The van der Waals surface area contributed by atoms with Crippen LogP contribution in [0.1, 0.15) is 0 Å². The molecule has 1 aliphatic heterocycles. The number of nitrogens with one attached hydrogen (secondary N) is 1. The van der Waals surface area contributed by atoms with E-state index in [-0.39, 0.29) is 0 Å². The number of halogens is 1. The number of ether oxygens (including phenoxy) is 2. The molecule has 0 spiro atoms. The summed E-state index contributed by atoms with van der Waals surface area (Å²) in [4.78, 5) is 2.42. The highest BCUT2D eigenvalue weighted by Crippen LogP contribution is 2.23. The average molecular weight is 329 g/mol. The van der Waals surface area contributed by atoms with Crippen LogP contribution in [-0.4, -0.2) is 57.4 Å². The SMILES string of the molecule is Brc1ccccc1OCCOCCN1CCNCC1. The quantitative estimate of drug-likeness (QED) is 0.773. The van der Waals surface area contributed by atoms with E-state index in [2.05, 4.69) is 26.1 Å². The molecule has 0 bridgehead atoms. The lowest BCUT2D eigenvalue weighted by atomic mass is 10.3. The maximum atomic E-state index is 5.63. The van der Waals surface area contributed by atoms with Gasteiger partial charge in [0.15, 0.2) is 0 Å². The number of hydrogen-bond donors (Lipinski definition) is 1. The molecule has 0 unspecified atom stereocenters. The van der Waals surface area contributed by atoms with Crippen LogP contribution in [0.5, 0.6) is 5.75 Å². The van der Waals surface area contributed by atoms with Gasteiger partial charge in [0.25, 0.3) is 0 Å². The van der Waals surface area contributed by atoms with Crippen molar-refractivity contribution in [3.05, 3.63) is 28.7 Å². The lowest BCUT2D eigenvalue weighted by Crippen LogP contribution is -2.44. The van der Waals surface area contributed by atoms with Crippen LogP contribution >= 0.6 is 15.9 Å². The summed E-state index contributed by atoms with van der Waals surface area (Å²) in [6, 6.07) is 7.86. The van der Waals surface area contributed by atoms with Gasteiger partial charge in [-0.25, -0.2) is 0 Å². The molecule has 0 atom stereocenters. The first-order valence-electron chi connectivity index (χ1n) is 6.74.